The molecule has 0 aliphatic carbocycles. The fraction of sp³-hybridized carbons (Fsp3) is 0.316. The van der Waals surface area contributed by atoms with Gasteiger partial charge in [0.1, 0.15) is 5.75 Å². The first-order valence-corrected chi connectivity index (χ1v) is 10.3. The molecule has 2 fully saturated rings. The highest BCUT2D eigenvalue weighted by atomic mass is 32.2. The topological polar surface area (TPSA) is 66.9 Å². The van der Waals surface area contributed by atoms with Crippen molar-refractivity contribution >= 4 is 27.2 Å². The number of methoxy groups -OCH3 is 1. The van der Waals surface area contributed by atoms with E-state index in [9.17, 15) is 13.2 Å². The average molecular weight is 372 g/mol. The lowest BCUT2D eigenvalue weighted by molar-refractivity contribution is 0.255. The third kappa shape index (κ3) is 2.72. The van der Waals surface area contributed by atoms with Crippen LogP contribution < -0.4 is 14.5 Å². The van der Waals surface area contributed by atoms with E-state index in [0.29, 0.717) is 11.4 Å². The van der Waals surface area contributed by atoms with Gasteiger partial charge in [-0.1, -0.05) is 23.8 Å². The lowest BCUT2D eigenvalue weighted by atomic mass is 10.1. The van der Waals surface area contributed by atoms with E-state index in [4.69, 9.17) is 4.74 Å². The molecule has 0 aromatic heterocycles. The highest BCUT2D eigenvalue weighted by molar-refractivity contribution is 7.91. The molecule has 2 heterocycles. The van der Waals surface area contributed by atoms with Crippen LogP contribution in [-0.4, -0.2) is 45.1 Å². The fourth-order valence-corrected chi connectivity index (χ4v) is 5.69. The minimum atomic E-state index is -3.20. The van der Waals surface area contributed by atoms with Gasteiger partial charge in [0.25, 0.3) is 0 Å². The van der Waals surface area contributed by atoms with Gasteiger partial charge in [-0.05, 0) is 31.2 Å². The Morgan fingerprint density at radius 3 is 2.19 bits per heavy atom. The van der Waals surface area contributed by atoms with Gasteiger partial charge >= 0.3 is 6.03 Å². The molecule has 0 saturated carbocycles. The highest BCUT2D eigenvalue weighted by Gasteiger charge is 2.54. The van der Waals surface area contributed by atoms with Gasteiger partial charge in [-0.2, -0.15) is 0 Å². The second-order valence-corrected chi connectivity index (χ2v) is 8.93. The summed E-state index contributed by atoms with van der Waals surface area (Å²) in [6.07, 6.45) is 0. The lowest BCUT2D eigenvalue weighted by Crippen LogP contribution is -2.37. The maximum absolute atomic E-state index is 13.2. The van der Waals surface area contributed by atoms with Gasteiger partial charge in [-0.25, -0.2) is 13.2 Å². The molecule has 2 aromatic rings. The van der Waals surface area contributed by atoms with Gasteiger partial charge in [-0.3, -0.25) is 9.80 Å². The minimum Gasteiger partial charge on any atom is -0.497 e. The zero-order chi connectivity index (χ0) is 18.5. The van der Waals surface area contributed by atoms with Crippen molar-refractivity contribution in [3.63, 3.8) is 0 Å². The molecule has 2 amide bonds. The molecular weight excluding hydrogens is 352 g/mol. The predicted octanol–water partition coefficient (Wildman–Crippen LogP) is 2.62. The van der Waals surface area contributed by atoms with Crippen molar-refractivity contribution in [2.75, 3.05) is 28.4 Å². The van der Waals surface area contributed by atoms with Crippen molar-refractivity contribution in [3.05, 3.63) is 54.1 Å². The first-order valence-electron chi connectivity index (χ1n) is 8.43. The number of aryl methyl sites for hydroxylation is 1. The number of nitrogens with zero attached hydrogens (tertiary/aromatic N) is 2. The highest BCUT2D eigenvalue weighted by Crippen LogP contribution is 2.38. The predicted molar refractivity (Wildman–Crippen MR) is 101 cm³/mol. The number of rotatable bonds is 3. The molecule has 136 valence electrons. The summed E-state index contributed by atoms with van der Waals surface area (Å²) in [5.41, 5.74) is 2.45. The third-order valence-corrected chi connectivity index (χ3v) is 6.71. The smallest absolute Gasteiger partial charge is 0.329 e. The Morgan fingerprint density at radius 1 is 0.962 bits per heavy atom. The van der Waals surface area contributed by atoms with Crippen molar-refractivity contribution in [2.24, 2.45) is 0 Å². The number of ether oxygens (including phenoxy) is 1. The Balaban J connectivity index is 1.80. The van der Waals surface area contributed by atoms with Crippen LogP contribution in [0.15, 0.2) is 48.5 Å². The van der Waals surface area contributed by atoms with E-state index in [0.717, 1.165) is 11.3 Å². The molecule has 7 heteroatoms. The SMILES string of the molecule is COc1cccc(N2C(=O)N(c3ccc(C)cc3)[C@H]3CS(=O)(=O)C[C@@H]32)c1. The quantitative estimate of drug-likeness (QED) is 0.777. The van der Waals surface area contributed by atoms with Crippen LogP contribution in [0.3, 0.4) is 0 Å². The van der Waals surface area contributed by atoms with Crippen LogP contribution in [0.1, 0.15) is 5.56 Å². The summed E-state index contributed by atoms with van der Waals surface area (Å²) in [4.78, 5) is 16.4. The molecule has 2 saturated heterocycles. The molecule has 6 nitrogen and oxygen atoms in total. The second kappa shape index (κ2) is 6.02. The Kier molecular flexibility index (Phi) is 3.91. The molecule has 2 aromatic carbocycles. The van der Waals surface area contributed by atoms with Crippen molar-refractivity contribution in [2.45, 2.75) is 19.0 Å². The van der Waals surface area contributed by atoms with Crippen LogP contribution in [0, 0.1) is 6.92 Å². The largest absolute Gasteiger partial charge is 0.497 e. The van der Waals surface area contributed by atoms with Gasteiger partial charge in [0.05, 0.1) is 30.7 Å². The van der Waals surface area contributed by atoms with Crippen molar-refractivity contribution in [1.29, 1.82) is 0 Å². The Labute approximate surface area is 152 Å². The second-order valence-electron chi connectivity index (χ2n) is 6.77. The Morgan fingerprint density at radius 2 is 1.58 bits per heavy atom. The summed E-state index contributed by atoms with van der Waals surface area (Å²) in [5.74, 6) is 0.585. The van der Waals surface area contributed by atoms with Gasteiger partial charge in [0.2, 0.25) is 0 Å². The lowest BCUT2D eigenvalue weighted by Gasteiger charge is -2.23. The number of carbonyl (C=O) groups is 1. The maximum atomic E-state index is 13.2. The minimum absolute atomic E-state index is 0.0161. The van der Waals surface area contributed by atoms with Crippen LogP contribution in [0.25, 0.3) is 0 Å². The van der Waals surface area contributed by atoms with Gasteiger partial charge in [0.15, 0.2) is 9.84 Å². The van der Waals surface area contributed by atoms with Crippen LogP contribution in [0.5, 0.6) is 5.75 Å². The van der Waals surface area contributed by atoms with Crippen LogP contribution >= 0.6 is 0 Å². The van der Waals surface area contributed by atoms with Gasteiger partial charge in [0, 0.05) is 17.4 Å². The van der Waals surface area contributed by atoms with Gasteiger partial charge < -0.3 is 4.74 Å². The summed E-state index contributed by atoms with van der Waals surface area (Å²) < 4.78 is 29.8. The summed E-state index contributed by atoms with van der Waals surface area (Å²) in [6.45, 7) is 1.97. The molecule has 0 bridgehead atoms. The van der Waals surface area contributed by atoms with Gasteiger partial charge in [-0.15, -0.1) is 0 Å². The van der Waals surface area contributed by atoms with E-state index < -0.39 is 15.9 Å². The van der Waals surface area contributed by atoms with E-state index >= 15 is 0 Å². The molecule has 0 radical (unpaired) electrons. The van der Waals surface area contributed by atoms with E-state index in [1.54, 1.807) is 41.2 Å². The first kappa shape index (κ1) is 16.9. The molecule has 2 atom stereocenters. The zero-order valence-electron chi connectivity index (χ0n) is 14.6. The number of hydrogen-bond donors (Lipinski definition) is 0. The number of urea groups is 1. The maximum Gasteiger partial charge on any atom is 0.329 e. The van der Waals surface area contributed by atoms with Crippen LogP contribution in [-0.2, 0) is 9.84 Å². The van der Waals surface area contributed by atoms with E-state index in [-0.39, 0.29) is 23.6 Å². The summed E-state index contributed by atoms with van der Waals surface area (Å²) in [5, 5.41) is 0. The molecular formula is C19H20N2O4S. The van der Waals surface area contributed by atoms with E-state index in [1.807, 2.05) is 31.2 Å². The number of anilines is 2. The fourth-order valence-electron chi connectivity index (χ4n) is 3.77. The molecule has 4 rings (SSSR count). The number of carbonyl (C=O) groups excluding carboxylic acids is 1. The third-order valence-electron chi connectivity index (χ3n) is 5.01. The number of amides is 2. The molecule has 0 unspecified atom stereocenters. The first-order chi connectivity index (χ1) is 12.4. The number of hydrogen-bond acceptors (Lipinski definition) is 4. The van der Waals surface area contributed by atoms with Crippen LogP contribution in [0.4, 0.5) is 16.2 Å². The van der Waals surface area contributed by atoms with Crippen molar-refractivity contribution < 1.29 is 17.9 Å². The number of sulfone groups is 1. The molecule has 26 heavy (non-hydrogen) atoms. The van der Waals surface area contributed by atoms with E-state index in [2.05, 4.69) is 0 Å². The molecule has 2 aliphatic rings. The Hall–Kier alpha value is -2.54. The van der Waals surface area contributed by atoms with Crippen molar-refractivity contribution in [3.8, 4) is 5.75 Å². The Bertz CT molecular complexity index is 956. The van der Waals surface area contributed by atoms with E-state index in [1.165, 1.54) is 0 Å². The summed E-state index contributed by atoms with van der Waals surface area (Å²) in [7, 11) is -1.64. The monoisotopic (exact) mass is 372 g/mol. The molecule has 2 aliphatic heterocycles. The standard InChI is InChI=1S/C19H20N2O4S/c1-13-6-8-14(9-7-13)20-17-11-26(23,24)12-18(17)21(19(20)22)15-4-3-5-16(10-15)25-2/h3-10,17-18H,11-12H2,1-2H3/t17-,18-/m0/s1. The van der Waals surface area contributed by atoms with Crippen LogP contribution in [0.2, 0.25) is 0 Å². The summed E-state index contributed by atoms with van der Waals surface area (Å²) >= 11 is 0. The summed E-state index contributed by atoms with van der Waals surface area (Å²) in [6, 6.07) is 13.8. The number of benzene rings is 2. The number of fused-ring (bicyclic) bond motifs is 1. The zero-order valence-corrected chi connectivity index (χ0v) is 15.4. The van der Waals surface area contributed by atoms with Crippen molar-refractivity contribution in [1.82, 2.24) is 0 Å². The normalized spacial score (nSPS) is 24.0. The average Bonchev–Trinajstić information content (AvgIpc) is 3.04. The molecule has 0 spiro atoms. The molecule has 0 N–H and O–H groups in total.